The molecule has 0 saturated heterocycles. The maximum absolute atomic E-state index is 13.6. The van der Waals surface area contributed by atoms with E-state index in [9.17, 15) is 13.2 Å². The van der Waals surface area contributed by atoms with E-state index in [2.05, 4.69) is 15.2 Å². The number of alkyl halides is 3. The Morgan fingerprint density at radius 2 is 1.69 bits per heavy atom. The van der Waals surface area contributed by atoms with Gasteiger partial charge in [0.15, 0.2) is 11.6 Å². The minimum Gasteiger partial charge on any atom is -0.497 e. The quantitative estimate of drug-likeness (QED) is 0.374. The number of benzene rings is 3. The normalized spacial score (nSPS) is 13.0. The van der Waals surface area contributed by atoms with E-state index in [4.69, 9.17) is 9.47 Å². The molecule has 9 heteroatoms. The molecular formula is C26H21F3N4O2. The first kappa shape index (κ1) is 22.8. The Hall–Kier alpha value is -3.98. The maximum Gasteiger partial charge on any atom is 0.416 e. The molecule has 0 radical (unpaired) electrons. The van der Waals surface area contributed by atoms with Gasteiger partial charge >= 0.3 is 6.18 Å². The number of hydrogen-bond acceptors (Lipinski definition) is 5. The summed E-state index contributed by atoms with van der Waals surface area (Å²) in [5.41, 5.74) is 2.30. The van der Waals surface area contributed by atoms with Gasteiger partial charge in [0.1, 0.15) is 18.9 Å². The molecule has 0 bridgehead atoms. The van der Waals surface area contributed by atoms with E-state index >= 15 is 0 Å². The molecule has 3 aromatic carbocycles. The number of aliphatic imine (C=N–C) groups is 1. The van der Waals surface area contributed by atoms with Crippen molar-refractivity contribution in [1.29, 1.82) is 0 Å². The average Bonchev–Trinajstić information content (AvgIpc) is 3.19. The van der Waals surface area contributed by atoms with Gasteiger partial charge in [-0.05, 0) is 35.9 Å². The Balaban J connectivity index is 1.49. The molecule has 35 heavy (non-hydrogen) atoms. The summed E-state index contributed by atoms with van der Waals surface area (Å²) < 4.78 is 53.5. The number of rotatable bonds is 6. The zero-order valence-electron chi connectivity index (χ0n) is 18.8. The minimum atomic E-state index is -4.48. The highest BCUT2D eigenvalue weighted by atomic mass is 19.4. The van der Waals surface area contributed by atoms with Crippen LogP contribution >= 0.6 is 0 Å². The van der Waals surface area contributed by atoms with Crippen LogP contribution < -0.4 is 4.74 Å². The summed E-state index contributed by atoms with van der Waals surface area (Å²) in [6.07, 6.45) is -4.48. The van der Waals surface area contributed by atoms with Crippen molar-refractivity contribution in [3.63, 3.8) is 0 Å². The molecule has 1 aliphatic heterocycles. The molecule has 2 heterocycles. The Kier molecular flexibility index (Phi) is 6.08. The first-order valence-corrected chi connectivity index (χ1v) is 10.9. The molecular weight excluding hydrogens is 457 g/mol. The van der Waals surface area contributed by atoms with Crippen LogP contribution in [0.4, 0.5) is 13.2 Å². The van der Waals surface area contributed by atoms with Crippen molar-refractivity contribution in [2.24, 2.45) is 4.99 Å². The molecule has 6 nitrogen and oxygen atoms in total. The first-order valence-electron chi connectivity index (χ1n) is 10.9. The second-order valence-electron chi connectivity index (χ2n) is 7.97. The molecule has 178 valence electrons. The van der Waals surface area contributed by atoms with Gasteiger partial charge in [0.05, 0.1) is 30.7 Å². The van der Waals surface area contributed by atoms with E-state index in [1.54, 1.807) is 11.7 Å². The summed E-state index contributed by atoms with van der Waals surface area (Å²) in [5.74, 6) is 1.76. The number of fused-ring (bicyclic) bond motifs is 3. The zero-order valence-corrected chi connectivity index (χ0v) is 18.8. The Morgan fingerprint density at radius 3 is 2.40 bits per heavy atom. The fourth-order valence-electron chi connectivity index (χ4n) is 3.98. The smallest absolute Gasteiger partial charge is 0.416 e. The van der Waals surface area contributed by atoms with Crippen molar-refractivity contribution in [3.05, 3.63) is 107 Å². The highest BCUT2D eigenvalue weighted by molar-refractivity contribution is 6.15. The highest BCUT2D eigenvalue weighted by Gasteiger charge is 2.33. The van der Waals surface area contributed by atoms with Crippen molar-refractivity contribution in [2.75, 3.05) is 7.11 Å². The maximum atomic E-state index is 13.6. The van der Waals surface area contributed by atoms with Crippen LogP contribution in [0.25, 0.3) is 5.69 Å². The lowest BCUT2D eigenvalue weighted by Gasteiger charge is -2.16. The topological polar surface area (TPSA) is 61.5 Å². The Labute approximate surface area is 199 Å². The number of ether oxygens (including phenoxy) is 2. The molecule has 1 aromatic heterocycles. The van der Waals surface area contributed by atoms with Gasteiger partial charge in [0.2, 0.25) is 0 Å². The van der Waals surface area contributed by atoms with Gasteiger partial charge in [-0.3, -0.25) is 9.56 Å². The second kappa shape index (κ2) is 9.34. The summed E-state index contributed by atoms with van der Waals surface area (Å²) >= 11 is 0. The molecule has 0 aliphatic carbocycles. The molecule has 0 atom stereocenters. The summed E-state index contributed by atoms with van der Waals surface area (Å²) in [7, 11) is 1.60. The van der Waals surface area contributed by atoms with E-state index in [0.717, 1.165) is 29.0 Å². The summed E-state index contributed by atoms with van der Waals surface area (Å²) in [4.78, 5) is 4.63. The molecule has 4 aromatic rings. The third-order valence-corrected chi connectivity index (χ3v) is 5.70. The number of aromatic nitrogens is 3. The third-order valence-electron chi connectivity index (χ3n) is 5.70. The van der Waals surface area contributed by atoms with Crippen molar-refractivity contribution in [1.82, 2.24) is 14.8 Å². The van der Waals surface area contributed by atoms with Gasteiger partial charge in [-0.1, -0.05) is 42.5 Å². The fourth-order valence-corrected chi connectivity index (χ4v) is 3.98. The van der Waals surface area contributed by atoms with Crippen molar-refractivity contribution in [2.45, 2.75) is 25.9 Å². The van der Waals surface area contributed by atoms with Crippen molar-refractivity contribution >= 4 is 5.71 Å². The second-order valence-corrected chi connectivity index (χ2v) is 7.97. The van der Waals surface area contributed by atoms with E-state index in [1.165, 1.54) is 6.07 Å². The molecule has 0 fully saturated rings. The molecule has 0 amide bonds. The number of methoxy groups -OCH3 is 1. The van der Waals surface area contributed by atoms with Gasteiger partial charge in [-0.2, -0.15) is 13.2 Å². The lowest BCUT2D eigenvalue weighted by atomic mass is 9.98. The molecule has 0 saturated carbocycles. The SMILES string of the molecule is COc1ccc(COCc2nnc3n2-c2ccc(C(F)(F)F)cc2C(c2ccccc2)=NC3)cc1. The van der Waals surface area contributed by atoms with Crippen LogP contribution in [0, 0.1) is 0 Å². The summed E-state index contributed by atoms with van der Waals surface area (Å²) in [6.45, 7) is 0.629. The Bertz CT molecular complexity index is 1360. The van der Waals surface area contributed by atoms with E-state index in [0.29, 0.717) is 35.2 Å². The third kappa shape index (κ3) is 4.67. The van der Waals surface area contributed by atoms with Crippen LogP contribution in [0.1, 0.15) is 33.9 Å². The lowest BCUT2D eigenvalue weighted by molar-refractivity contribution is -0.137. The number of nitrogens with zero attached hydrogens (tertiary/aromatic N) is 4. The van der Waals surface area contributed by atoms with Gasteiger partial charge in [-0.25, -0.2) is 0 Å². The average molecular weight is 478 g/mol. The highest BCUT2D eigenvalue weighted by Crippen LogP contribution is 2.34. The van der Waals surface area contributed by atoms with Crippen LogP contribution in [0.5, 0.6) is 5.75 Å². The van der Waals surface area contributed by atoms with Crippen LogP contribution in [-0.2, 0) is 30.7 Å². The zero-order chi connectivity index (χ0) is 24.4. The molecule has 1 aliphatic rings. The van der Waals surface area contributed by atoms with Crippen molar-refractivity contribution < 1.29 is 22.6 Å². The van der Waals surface area contributed by atoms with Crippen LogP contribution in [0.3, 0.4) is 0 Å². The fraction of sp³-hybridized carbons (Fsp3) is 0.192. The largest absolute Gasteiger partial charge is 0.497 e. The van der Waals surface area contributed by atoms with Gasteiger partial charge in [0.25, 0.3) is 0 Å². The standard InChI is InChI=1S/C26H21F3N4O2/c1-34-20-10-7-17(8-11-20)15-35-16-24-32-31-23-14-30-25(18-5-3-2-4-6-18)21-13-19(26(27,28)29)9-12-22(21)33(23)24/h2-13H,14-16H2,1H3. The van der Waals surface area contributed by atoms with E-state index in [-0.39, 0.29) is 13.2 Å². The van der Waals surface area contributed by atoms with Gasteiger partial charge in [-0.15, -0.1) is 10.2 Å². The molecule has 0 spiro atoms. The number of halogens is 3. The summed E-state index contributed by atoms with van der Waals surface area (Å²) in [6, 6.07) is 20.3. The van der Waals surface area contributed by atoms with E-state index < -0.39 is 11.7 Å². The molecule has 5 rings (SSSR count). The molecule has 0 N–H and O–H groups in total. The molecule has 0 unspecified atom stereocenters. The first-order chi connectivity index (χ1) is 16.9. The summed E-state index contributed by atoms with van der Waals surface area (Å²) in [5, 5.41) is 8.49. The van der Waals surface area contributed by atoms with Crippen LogP contribution in [-0.4, -0.2) is 27.6 Å². The van der Waals surface area contributed by atoms with Crippen molar-refractivity contribution in [3.8, 4) is 11.4 Å². The Morgan fingerprint density at radius 1 is 0.914 bits per heavy atom. The van der Waals surface area contributed by atoms with E-state index in [1.807, 2.05) is 54.6 Å². The van der Waals surface area contributed by atoms with Crippen LogP contribution in [0.15, 0.2) is 77.8 Å². The lowest BCUT2D eigenvalue weighted by Crippen LogP contribution is -2.13. The monoisotopic (exact) mass is 478 g/mol. The predicted octanol–water partition coefficient (Wildman–Crippen LogP) is 5.36. The predicted molar refractivity (Wildman–Crippen MR) is 124 cm³/mol. The van der Waals surface area contributed by atoms with Gasteiger partial charge < -0.3 is 9.47 Å². The van der Waals surface area contributed by atoms with Crippen LogP contribution in [0.2, 0.25) is 0 Å². The van der Waals surface area contributed by atoms with Gasteiger partial charge in [0, 0.05) is 11.1 Å². The number of hydrogen-bond donors (Lipinski definition) is 0. The minimum absolute atomic E-state index is 0.125.